The molecule has 0 aliphatic rings. The first-order valence-electron chi connectivity index (χ1n) is 8.71. The SMILES string of the molecule is CC(C)(C)OC(=O)[C@H](Cc1ccc(O)cc1)NC(=O)OCc1ccccc1.O. The molecule has 7 heteroatoms. The van der Waals surface area contributed by atoms with Crippen molar-refractivity contribution in [2.24, 2.45) is 0 Å². The highest BCUT2D eigenvalue weighted by atomic mass is 16.6. The molecular weight excluding hydrogens is 362 g/mol. The van der Waals surface area contributed by atoms with Gasteiger partial charge in [-0.2, -0.15) is 0 Å². The van der Waals surface area contributed by atoms with Crippen LogP contribution in [0.15, 0.2) is 54.6 Å². The Bertz CT molecular complexity index is 753. The maximum Gasteiger partial charge on any atom is 0.408 e. The maximum atomic E-state index is 12.5. The molecule has 0 aromatic heterocycles. The van der Waals surface area contributed by atoms with E-state index in [1.54, 1.807) is 32.9 Å². The predicted molar refractivity (Wildman–Crippen MR) is 105 cm³/mol. The van der Waals surface area contributed by atoms with Gasteiger partial charge >= 0.3 is 12.1 Å². The highest BCUT2D eigenvalue weighted by Gasteiger charge is 2.27. The Hall–Kier alpha value is -3.06. The molecule has 0 bridgehead atoms. The summed E-state index contributed by atoms with van der Waals surface area (Å²) >= 11 is 0. The number of phenols is 1. The molecule has 0 radical (unpaired) electrons. The van der Waals surface area contributed by atoms with Crippen molar-refractivity contribution < 1.29 is 29.6 Å². The lowest BCUT2D eigenvalue weighted by Gasteiger charge is -2.24. The van der Waals surface area contributed by atoms with E-state index < -0.39 is 23.7 Å². The summed E-state index contributed by atoms with van der Waals surface area (Å²) in [5.41, 5.74) is 0.937. The van der Waals surface area contributed by atoms with Crippen molar-refractivity contribution in [3.8, 4) is 5.75 Å². The first kappa shape index (κ1) is 23.0. The second-order valence-electron chi connectivity index (χ2n) is 7.16. The van der Waals surface area contributed by atoms with Crippen molar-refractivity contribution in [2.45, 2.75) is 45.4 Å². The quantitative estimate of drug-likeness (QED) is 0.737. The molecule has 0 aliphatic heterocycles. The fraction of sp³-hybridized carbons (Fsp3) is 0.333. The van der Waals surface area contributed by atoms with Gasteiger partial charge in [-0.25, -0.2) is 9.59 Å². The molecule has 0 aliphatic carbocycles. The molecule has 1 amide bonds. The standard InChI is InChI=1S/C21H25NO5.H2O/c1-21(2,3)27-19(24)18(13-15-9-11-17(23)12-10-15)22-20(25)26-14-16-7-5-4-6-8-16;/h4-12,18,23H,13-14H2,1-3H3,(H,22,25);1H2/t18-;/m0./s1. The largest absolute Gasteiger partial charge is 0.508 e. The number of esters is 1. The van der Waals surface area contributed by atoms with Crippen LogP contribution in [0.3, 0.4) is 0 Å². The third-order valence-electron chi connectivity index (χ3n) is 3.57. The molecule has 2 aromatic carbocycles. The van der Waals surface area contributed by atoms with Gasteiger partial charge in [-0.1, -0.05) is 42.5 Å². The summed E-state index contributed by atoms with van der Waals surface area (Å²) in [7, 11) is 0. The molecule has 0 spiro atoms. The summed E-state index contributed by atoms with van der Waals surface area (Å²) in [6.45, 7) is 5.38. The lowest BCUT2D eigenvalue weighted by atomic mass is 10.1. The van der Waals surface area contributed by atoms with E-state index in [-0.39, 0.29) is 24.3 Å². The van der Waals surface area contributed by atoms with Gasteiger partial charge in [0.2, 0.25) is 0 Å². The summed E-state index contributed by atoms with van der Waals surface area (Å²) in [5.74, 6) is -0.421. The van der Waals surface area contributed by atoms with Gasteiger partial charge in [0, 0.05) is 6.42 Å². The summed E-state index contributed by atoms with van der Waals surface area (Å²) in [4.78, 5) is 24.7. The van der Waals surface area contributed by atoms with E-state index in [4.69, 9.17) is 9.47 Å². The van der Waals surface area contributed by atoms with Crippen molar-refractivity contribution in [2.75, 3.05) is 0 Å². The number of benzene rings is 2. The zero-order chi connectivity index (χ0) is 19.9. The van der Waals surface area contributed by atoms with Crippen molar-refractivity contribution in [3.63, 3.8) is 0 Å². The fourth-order valence-electron chi connectivity index (χ4n) is 2.34. The lowest BCUT2D eigenvalue weighted by molar-refractivity contribution is -0.157. The number of rotatable bonds is 6. The minimum atomic E-state index is -0.906. The minimum absolute atomic E-state index is 0. The van der Waals surface area contributed by atoms with E-state index in [1.165, 1.54) is 12.1 Å². The van der Waals surface area contributed by atoms with Crippen molar-refractivity contribution in [1.29, 1.82) is 0 Å². The van der Waals surface area contributed by atoms with Crippen LogP contribution in [0.2, 0.25) is 0 Å². The zero-order valence-electron chi connectivity index (χ0n) is 16.3. The van der Waals surface area contributed by atoms with Gasteiger partial charge in [0.25, 0.3) is 0 Å². The zero-order valence-corrected chi connectivity index (χ0v) is 16.3. The maximum absolute atomic E-state index is 12.5. The molecule has 4 N–H and O–H groups in total. The molecule has 2 aromatic rings. The van der Waals surface area contributed by atoms with Crippen molar-refractivity contribution in [1.82, 2.24) is 5.32 Å². The number of carbonyl (C=O) groups is 2. The van der Waals surface area contributed by atoms with Crippen LogP contribution in [0, 0.1) is 0 Å². The average molecular weight is 389 g/mol. The number of amides is 1. The van der Waals surface area contributed by atoms with Gasteiger partial charge in [-0.05, 0) is 44.0 Å². The van der Waals surface area contributed by atoms with Gasteiger partial charge in [0.15, 0.2) is 0 Å². The number of nitrogens with one attached hydrogen (secondary N) is 1. The molecule has 0 heterocycles. The van der Waals surface area contributed by atoms with Crippen LogP contribution in [-0.2, 0) is 27.3 Å². The number of ether oxygens (including phenoxy) is 2. The Kier molecular flexibility index (Phi) is 8.47. The van der Waals surface area contributed by atoms with E-state index in [2.05, 4.69) is 5.32 Å². The highest BCUT2D eigenvalue weighted by molar-refractivity contribution is 5.82. The van der Waals surface area contributed by atoms with Crippen LogP contribution in [0.5, 0.6) is 5.75 Å². The second kappa shape index (κ2) is 10.3. The Morgan fingerprint density at radius 2 is 1.61 bits per heavy atom. The van der Waals surface area contributed by atoms with E-state index >= 15 is 0 Å². The van der Waals surface area contributed by atoms with Crippen LogP contribution in [0.4, 0.5) is 4.79 Å². The molecule has 0 unspecified atom stereocenters. The van der Waals surface area contributed by atoms with E-state index in [1.807, 2.05) is 30.3 Å². The third-order valence-corrected chi connectivity index (χ3v) is 3.57. The predicted octanol–water partition coefficient (Wildman–Crippen LogP) is 2.75. The van der Waals surface area contributed by atoms with Crippen LogP contribution in [-0.4, -0.2) is 34.3 Å². The Morgan fingerprint density at radius 3 is 2.18 bits per heavy atom. The molecule has 0 saturated heterocycles. The average Bonchev–Trinajstić information content (AvgIpc) is 2.60. The monoisotopic (exact) mass is 389 g/mol. The minimum Gasteiger partial charge on any atom is -0.508 e. The van der Waals surface area contributed by atoms with Crippen LogP contribution in [0.25, 0.3) is 0 Å². The van der Waals surface area contributed by atoms with Crippen LogP contribution in [0.1, 0.15) is 31.9 Å². The smallest absolute Gasteiger partial charge is 0.408 e. The van der Waals surface area contributed by atoms with Crippen molar-refractivity contribution >= 4 is 12.1 Å². The summed E-state index contributed by atoms with van der Waals surface area (Å²) in [5, 5.41) is 12.0. The first-order valence-corrected chi connectivity index (χ1v) is 8.71. The highest BCUT2D eigenvalue weighted by Crippen LogP contribution is 2.14. The molecule has 2 rings (SSSR count). The number of alkyl carbamates (subject to hydrolysis) is 1. The fourth-order valence-corrected chi connectivity index (χ4v) is 2.34. The normalized spacial score (nSPS) is 11.7. The Labute approximate surface area is 164 Å². The van der Waals surface area contributed by atoms with Gasteiger partial charge in [-0.15, -0.1) is 0 Å². The number of carbonyl (C=O) groups excluding carboxylic acids is 2. The Balaban J connectivity index is 0.00000392. The summed E-state index contributed by atoms with van der Waals surface area (Å²) in [6, 6.07) is 14.8. The first-order chi connectivity index (χ1) is 12.7. The molecule has 7 nitrogen and oxygen atoms in total. The second-order valence-corrected chi connectivity index (χ2v) is 7.16. The summed E-state index contributed by atoms with van der Waals surface area (Å²) in [6.07, 6.45) is -0.483. The molecule has 28 heavy (non-hydrogen) atoms. The van der Waals surface area contributed by atoms with Gasteiger partial charge in [0.05, 0.1) is 0 Å². The van der Waals surface area contributed by atoms with Crippen molar-refractivity contribution in [3.05, 3.63) is 65.7 Å². The third kappa shape index (κ3) is 8.09. The number of hydrogen-bond acceptors (Lipinski definition) is 5. The number of aromatic hydroxyl groups is 1. The number of hydrogen-bond donors (Lipinski definition) is 2. The van der Waals surface area contributed by atoms with E-state index in [9.17, 15) is 14.7 Å². The van der Waals surface area contributed by atoms with E-state index in [0.717, 1.165) is 11.1 Å². The van der Waals surface area contributed by atoms with Gasteiger partial charge in [-0.3, -0.25) is 0 Å². The molecule has 0 fully saturated rings. The molecule has 152 valence electrons. The summed E-state index contributed by atoms with van der Waals surface area (Å²) < 4.78 is 10.6. The lowest BCUT2D eigenvalue weighted by Crippen LogP contribution is -2.45. The Morgan fingerprint density at radius 1 is 1.00 bits per heavy atom. The van der Waals surface area contributed by atoms with Crippen LogP contribution < -0.4 is 5.32 Å². The van der Waals surface area contributed by atoms with Gasteiger partial charge < -0.3 is 25.4 Å². The molecular formula is C21H27NO6. The molecule has 0 saturated carbocycles. The number of phenolic OH excluding ortho intramolecular Hbond substituents is 1. The van der Waals surface area contributed by atoms with E-state index in [0.29, 0.717) is 0 Å². The van der Waals surface area contributed by atoms with Gasteiger partial charge in [0.1, 0.15) is 24.0 Å². The van der Waals surface area contributed by atoms with Crippen LogP contribution >= 0.6 is 0 Å². The topological polar surface area (TPSA) is 116 Å². The molecule has 1 atom stereocenters.